The molecule has 0 aliphatic carbocycles. The van der Waals surface area contributed by atoms with Crippen LogP contribution in [0.4, 0.5) is 5.82 Å². The summed E-state index contributed by atoms with van der Waals surface area (Å²) in [6.07, 6.45) is 1.68. The summed E-state index contributed by atoms with van der Waals surface area (Å²) >= 11 is 1.55. The Labute approximate surface area is 164 Å². The van der Waals surface area contributed by atoms with Crippen molar-refractivity contribution in [3.63, 3.8) is 0 Å². The van der Waals surface area contributed by atoms with Crippen molar-refractivity contribution < 1.29 is 0 Å². The van der Waals surface area contributed by atoms with Crippen molar-refractivity contribution in [3.05, 3.63) is 88.8 Å². The van der Waals surface area contributed by atoms with E-state index in [0.29, 0.717) is 28.8 Å². The Bertz CT molecular complexity index is 1340. The molecule has 6 heteroatoms. The van der Waals surface area contributed by atoms with Gasteiger partial charge in [0, 0.05) is 6.20 Å². The highest BCUT2D eigenvalue weighted by atomic mass is 32.1. The number of hydrogen-bond donors (Lipinski definition) is 1. The van der Waals surface area contributed by atoms with E-state index in [0.717, 1.165) is 20.8 Å². The first kappa shape index (κ1) is 16.6. The summed E-state index contributed by atoms with van der Waals surface area (Å²) in [6, 6.07) is 21.3. The van der Waals surface area contributed by atoms with Crippen molar-refractivity contribution in [3.8, 4) is 10.6 Å². The molecular weight excluding hydrogens is 368 g/mol. The molecule has 136 valence electrons. The van der Waals surface area contributed by atoms with Crippen molar-refractivity contribution in [1.82, 2.24) is 14.5 Å². The molecule has 5 rings (SSSR count). The van der Waals surface area contributed by atoms with E-state index in [4.69, 9.17) is 10.7 Å². The Morgan fingerprint density at radius 2 is 1.75 bits per heavy atom. The Morgan fingerprint density at radius 1 is 0.964 bits per heavy atom. The summed E-state index contributed by atoms with van der Waals surface area (Å²) in [4.78, 5) is 22.4. The van der Waals surface area contributed by atoms with E-state index in [1.807, 2.05) is 54.6 Å². The molecule has 5 aromatic rings. The topological polar surface area (TPSA) is 73.8 Å². The molecule has 0 radical (unpaired) electrons. The van der Waals surface area contributed by atoms with Crippen LogP contribution in [-0.2, 0) is 6.54 Å². The maximum atomic E-state index is 13.1. The molecule has 0 unspecified atom stereocenters. The normalized spacial score (nSPS) is 11.3. The largest absolute Gasteiger partial charge is 0.384 e. The van der Waals surface area contributed by atoms with Crippen LogP contribution in [0.1, 0.15) is 5.56 Å². The van der Waals surface area contributed by atoms with E-state index in [9.17, 15) is 4.79 Å². The molecule has 0 aliphatic rings. The molecule has 3 heterocycles. The number of rotatable bonds is 3. The number of hydrogen-bond acceptors (Lipinski definition) is 5. The van der Waals surface area contributed by atoms with Crippen LogP contribution in [0.25, 0.3) is 31.7 Å². The molecule has 0 fully saturated rings. The number of fused-ring (bicyclic) bond motifs is 2. The maximum absolute atomic E-state index is 13.1. The zero-order valence-corrected chi connectivity index (χ0v) is 15.7. The molecule has 0 aliphatic heterocycles. The van der Waals surface area contributed by atoms with Gasteiger partial charge in [0.15, 0.2) is 0 Å². The highest BCUT2D eigenvalue weighted by molar-refractivity contribution is 7.21. The van der Waals surface area contributed by atoms with Gasteiger partial charge >= 0.3 is 0 Å². The van der Waals surface area contributed by atoms with E-state index < -0.39 is 0 Å². The van der Waals surface area contributed by atoms with Crippen LogP contribution in [0, 0.1) is 0 Å². The number of anilines is 1. The number of aromatic nitrogens is 3. The number of benzene rings is 2. The quantitative estimate of drug-likeness (QED) is 0.503. The van der Waals surface area contributed by atoms with Crippen molar-refractivity contribution in [1.29, 1.82) is 0 Å². The average Bonchev–Trinajstić information content (AvgIpc) is 3.16. The van der Waals surface area contributed by atoms with E-state index in [2.05, 4.69) is 4.98 Å². The van der Waals surface area contributed by atoms with Crippen molar-refractivity contribution in [2.75, 3.05) is 5.73 Å². The second-order valence-electron chi connectivity index (χ2n) is 6.52. The maximum Gasteiger partial charge on any atom is 0.261 e. The fourth-order valence-corrected chi connectivity index (χ4v) is 4.42. The van der Waals surface area contributed by atoms with Crippen LogP contribution in [0.3, 0.4) is 0 Å². The lowest BCUT2D eigenvalue weighted by molar-refractivity contribution is 0.781. The molecule has 0 atom stereocenters. The zero-order valence-electron chi connectivity index (χ0n) is 14.9. The molecule has 2 N–H and O–H groups in total. The minimum atomic E-state index is -0.144. The van der Waals surface area contributed by atoms with Gasteiger partial charge in [-0.05, 0) is 29.8 Å². The first-order chi connectivity index (χ1) is 13.7. The van der Waals surface area contributed by atoms with E-state index in [-0.39, 0.29) is 5.56 Å². The Balaban J connectivity index is 1.81. The van der Waals surface area contributed by atoms with E-state index in [1.165, 1.54) is 0 Å². The Kier molecular flexibility index (Phi) is 3.91. The molecule has 0 amide bonds. The van der Waals surface area contributed by atoms with Crippen molar-refractivity contribution in [2.45, 2.75) is 6.54 Å². The summed E-state index contributed by atoms with van der Waals surface area (Å²) in [5, 5.41) is 1.31. The molecule has 2 aromatic carbocycles. The highest BCUT2D eigenvalue weighted by Crippen LogP contribution is 2.36. The lowest BCUT2D eigenvalue weighted by Gasteiger charge is -2.15. The third-order valence-corrected chi connectivity index (χ3v) is 5.81. The smallest absolute Gasteiger partial charge is 0.261 e. The first-order valence-electron chi connectivity index (χ1n) is 8.89. The molecule has 5 nitrogen and oxygen atoms in total. The van der Waals surface area contributed by atoms with Crippen LogP contribution in [-0.4, -0.2) is 14.5 Å². The average molecular weight is 384 g/mol. The zero-order chi connectivity index (χ0) is 19.1. The van der Waals surface area contributed by atoms with Gasteiger partial charge < -0.3 is 5.73 Å². The van der Waals surface area contributed by atoms with Gasteiger partial charge in [-0.2, -0.15) is 0 Å². The van der Waals surface area contributed by atoms with Crippen LogP contribution in [0.15, 0.2) is 77.7 Å². The number of pyridine rings is 2. The summed E-state index contributed by atoms with van der Waals surface area (Å²) in [6.45, 7) is 0.397. The van der Waals surface area contributed by atoms with Gasteiger partial charge in [0.25, 0.3) is 5.56 Å². The van der Waals surface area contributed by atoms with Crippen LogP contribution in [0.2, 0.25) is 0 Å². The minimum Gasteiger partial charge on any atom is -0.384 e. The minimum absolute atomic E-state index is 0.144. The molecule has 0 saturated carbocycles. The second-order valence-corrected chi connectivity index (χ2v) is 7.55. The fourth-order valence-electron chi connectivity index (χ4n) is 3.40. The lowest BCUT2D eigenvalue weighted by atomic mass is 10.1. The van der Waals surface area contributed by atoms with Crippen LogP contribution < -0.4 is 11.3 Å². The van der Waals surface area contributed by atoms with E-state index in [1.54, 1.807) is 34.2 Å². The monoisotopic (exact) mass is 384 g/mol. The van der Waals surface area contributed by atoms with Gasteiger partial charge in [-0.25, -0.2) is 4.98 Å². The Hall–Kier alpha value is -3.51. The number of thiazole rings is 1. The third kappa shape index (κ3) is 2.66. The Morgan fingerprint density at radius 3 is 2.57 bits per heavy atom. The van der Waals surface area contributed by atoms with Crippen LogP contribution >= 0.6 is 11.3 Å². The molecule has 3 aromatic heterocycles. The van der Waals surface area contributed by atoms with Crippen molar-refractivity contribution in [2.24, 2.45) is 0 Å². The summed E-state index contributed by atoms with van der Waals surface area (Å²) in [5.41, 5.74) is 9.62. The molecule has 0 bridgehead atoms. The van der Waals surface area contributed by atoms with Gasteiger partial charge in [0.05, 0.1) is 33.2 Å². The van der Waals surface area contributed by atoms with Gasteiger partial charge in [0.1, 0.15) is 10.8 Å². The standard InChI is InChI=1S/C22H16N4OS/c23-20-18(21-25-16-10-4-5-11-17(16)28-21)19-15(9-6-12-24-19)22(27)26(20)13-14-7-2-1-3-8-14/h1-12H,13,23H2. The molecular formula is C22H16N4OS. The predicted octanol–water partition coefficient (Wildman–Crippen LogP) is 4.30. The highest BCUT2D eigenvalue weighted by Gasteiger charge is 2.20. The number of nitrogens with two attached hydrogens (primary N) is 1. The first-order valence-corrected chi connectivity index (χ1v) is 9.71. The number of nitrogen functional groups attached to an aromatic ring is 1. The summed E-state index contributed by atoms with van der Waals surface area (Å²) < 4.78 is 2.68. The second kappa shape index (κ2) is 6.58. The SMILES string of the molecule is Nc1c(-c2nc3ccccc3s2)c2ncccc2c(=O)n1Cc1ccccc1. The molecule has 0 saturated heterocycles. The molecule has 0 spiro atoms. The van der Waals surface area contributed by atoms with Crippen LogP contribution in [0.5, 0.6) is 0 Å². The van der Waals surface area contributed by atoms with E-state index >= 15 is 0 Å². The van der Waals surface area contributed by atoms with Gasteiger partial charge in [-0.15, -0.1) is 11.3 Å². The van der Waals surface area contributed by atoms with Crippen molar-refractivity contribution >= 4 is 38.3 Å². The third-order valence-electron chi connectivity index (χ3n) is 4.76. The fraction of sp³-hybridized carbons (Fsp3) is 0.0455. The van der Waals surface area contributed by atoms with Gasteiger partial charge in [0.2, 0.25) is 0 Å². The van der Waals surface area contributed by atoms with Gasteiger partial charge in [-0.3, -0.25) is 14.3 Å². The molecule has 28 heavy (non-hydrogen) atoms. The number of nitrogens with zero attached hydrogens (tertiary/aromatic N) is 3. The number of para-hydroxylation sites is 1. The summed E-state index contributed by atoms with van der Waals surface area (Å²) in [5.74, 6) is 0.388. The predicted molar refractivity (Wildman–Crippen MR) is 115 cm³/mol. The lowest BCUT2D eigenvalue weighted by Crippen LogP contribution is -2.25. The van der Waals surface area contributed by atoms with Gasteiger partial charge in [-0.1, -0.05) is 42.5 Å². The summed E-state index contributed by atoms with van der Waals surface area (Å²) in [7, 11) is 0.